The molecule has 0 saturated carbocycles. The number of carbonyl (C=O) groups is 3. The monoisotopic (exact) mass is 328 g/mol. The van der Waals surface area contributed by atoms with Crippen LogP contribution in [0.3, 0.4) is 0 Å². The molecule has 0 bridgehead atoms. The molecular formula is C17H20N4O3. The molecule has 126 valence electrons. The normalized spacial score (nSPS) is 20.5. The predicted molar refractivity (Wildman–Crippen MR) is 88.8 cm³/mol. The summed E-state index contributed by atoms with van der Waals surface area (Å²) in [6.45, 7) is 3.45. The van der Waals surface area contributed by atoms with Crippen molar-refractivity contribution < 1.29 is 14.4 Å². The van der Waals surface area contributed by atoms with E-state index in [9.17, 15) is 14.4 Å². The molecule has 7 nitrogen and oxygen atoms in total. The van der Waals surface area contributed by atoms with Crippen LogP contribution in [0.15, 0.2) is 30.5 Å². The number of carbonyl (C=O) groups excluding carboxylic acids is 3. The first-order chi connectivity index (χ1) is 11.4. The van der Waals surface area contributed by atoms with Crippen molar-refractivity contribution in [2.24, 2.45) is 0 Å². The zero-order valence-electron chi connectivity index (χ0n) is 13.7. The van der Waals surface area contributed by atoms with E-state index in [0.717, 1.165) is 21.5 Å². The Morgan fingerprint density at radius 3 is 2.75 bits per heavy atom. The Bertz CT molecular complexity index is 813. The Morgan fingerprint density at radius 2 is 2.04 bits per heavy atom. The van der Waals surface area contributed by atoms with Gasteiger partial charge in [0.05, 0.1) is 0 Å². The number of para-hydroxylation sites is 1. The first-order valence-electron chi connectivity index (χ1n) is 7.96. The number of aromatic nitrogens is 1. The number of H-pyrrole nitrogens is 1. The molecule has 3 rings (SSSR count). The van der Waals surface area contributed by atoms with E-state index in [-0.39, 0.29) is 12.3 Å². The average Bonchev–Trinajstić information content (AvgIpc) is 3.08. The van der Waals surface area contributed by atoms with Crippen LogP contribution in [0.2, 0.25) is 0 Å². The van der Waals surface area contributed by atoms with Gasteiger partial charge in [-0.3, -0.25) is 15.0 Å². The number of amides is 4. The molecule has 7 heteroatoms. The minimum absolute atomic E-state index is 0.182. The molecule has 0 spiro atoms. The Hall–Kier alpha value is -2.83. The first kappa shape index (κ1) is 16.0. The maximum absolute atomic E-state index is 12.2. The average molecular weight is 328 g/mol. The van der Waals surface area contributed by atoms with E-state index < -0.39 is 17.5 Å². The lowest BCUT2D eigenvalue weighted by Gasteiger charge is -2.19. The summed E-state index contributed by atoms with van der Waals surface area (Å²) in [5, 5.41) is 4.44. The number of fused-ring (bicyclic) bond motifs is 1. The van der Waals surface area contributed by atoms with Crippen molar-refractivity contribution >= 4 is 28.7 Å². The topological polar surface area (TPSA) is 94.3 Å². The van der Waals surface area contributed by atoms with Crippen molar-refractivity contribution in [3.8, 4) is 0 Å². The van der Waals surface area contributed by atoms with E-state index in [1.807, 2.05) is 30.5 Å². The summed E-state index contributed by atoms with van der Waals surface area (Å²) < 4.78 is 0. The fraction of sp³-hybridized carbons (Fsp3) is 0.353. The number of rotatable bonds is 5. The van der Waals surface area contributed by atoms with Crippen molar-refractivity contribution in [1.29, 1.82) is 0 Å². The van der Waals surface area contributed by atoms with Gasteiger partial charge in [-0.15, -0.1) is 0 Å². The summed E-state index contributed by atoms with van der Waals surface area (Å²) in [4.78, 5) is 39.4. The molecule has 1 fully saturated rings. The minimum atomic E-state index is -0.957. The fourth-order valence-electron chi connectivity index (χ4n) is 2.79. The first-order valence-corrected chi connectivity index (χ1v) is 7.96. The SMILES string of the molecule is CC[C@]1(C)NC(=O)N(NC(=O)CCc2c[nH]c3ccccc23)C1=O. The number of nitrogens with zero attached hydrogens (tertiary/aromatic N) is 1. The quantitative estimate of drug-likeness (QED) is 0.731. The molecular weight excluding hydrogens is 308 g/mol. The Kier molecular flexibility index (Phi) is 4.01. The lowest BCUT2D eigenvalue weighted by molar-refractivity contribution is -0.138. The molecule has 0 radical (unpaired) electrons. The van der Waals surface area contributed by atoms with E-state index in [4.69, 9.17) is 0 Å². The van der Waals surface area contributed by atoms with Crippen molar-refractivity contribution in [1.82, 2.24) is 20.7 Å². The number of benzene rings is 1. The summed E-state index contributed by atoms with van der Waals surface area (Å²) in [5.74, 6) is -0.806. The van der Waals surface area contributed by atoms with Crippen LogP contribution in [0, 0.1) is 0 Å². The van der Waals surface area contributed by atoms with Crippen LogP contribution in [0.1, 0.15) is 32.3 Å². The fourth-order valence-corrected chi connectivity index (χ4v) is 2.79. The maximum atomic E-state index is 12.2. The van der Waals surface area contributed by atoms with Gasteiger partial charge in [-0.25, -0.2) is 4.79 Å². The van der Waals surface area contributed by atoms with Crippen molar-refractivity contribution in [3.05, 3.63) is 36.0 Å². The van der Waals surface area contributed by atoms with E-state index in [0.29, 0.717) is 12.8 Å². The molecule has 1 saturated heterocycles. The third-order valence-corrected chi connectivity index (χ3v) is 4.50. The van der Waals surface area contributed by atoms with Gasteiger partial charge in [0.2, 0.25) is 5.91 Å². The molecule has 1 aromatic carbocycles. The van der Waals surface area contributed by atoms with Crippen LogP contribution in [0.25, 0.3) is 10.9 Å². The van der Waals surface area contributed by atoms with E-state index >= 15 is 0 Å². The summed E-state index contributed by atoms with van der Waals surface area (Å²) in [5.41, 5.74) is 3.48. The number of nitrogens with one attached hydrogen (secondary N) is 3. The minimum Gasteiger partial charge on any atom is -0.361 e. The van der Waals surface area contributed by atoms with Gasteiger partial charge in [-0.2, -0.15) is 5.01 Å². The third-order valence-electron chi connectivity index (χ3n) is 4.50. The molecule has 1 aromatic heterocycles. The molecule has 1 atom stereocenters. The summed E-state index contributed by atoms with van der Waals surface area (Å²) in [6, 6.07) is 7.25. The van der Waals surface area contributed by atoms with Crippen LogP contribution in [0.5, 0.6) is 0 Å². The third kappa shape index (κ3) is 2.73. The molecule has 24 heavy (non-hydrogen) atoms. The summed E-state index contributed by atoms with van der Waals surface area (Å²) in [6.07, 6.45) is 3.03. The van der Waals surface area contributed by atoms with Crippen LogP contribution >= 0.6 is 0 Å². The highest BCUT2D eigenvalue weighted by molar-refractivity contribution is 6.07. The highest BCUT2D eigenvalue weighted by Crippen LogP contribution is 2.20. The number of imide groups is 1. The number of hydrogen-bond acceptors (Lipinski definition) is 3. The number of aromatic amines is 1. The number of hydrazine groups is 1. The van der Waals surface area contributed by atoms with Crippen molar-refractivity contribution in [2.75, 3.05) is 0 Å². The molecule has 1 aliphatic rings. The molecule has 1 aliphatic heterocycles. The van der Waals surface area contributed by atoms with Crippen LogP contribution in [-0.2, 0) is 16.0 Å². The van der Waals surface area contributed by atoms with Crippen molar-refractivity contribution in [2.45, 2.75) is 38.6 Å². The van der Waals surface area contributed by atoms with E-state index in [2.05, 4.69) is 15.7 Å². The largest absolute Gasteiger partial charge is 0.361 e. The molecule has 2 aromatic rings. The predicted octanol–water partition coefficient (Wildman–Crippen LogP) is 1.85. The second-order valence-corrected chi connectivity index (χ2v) is 6.15. The van der Waals surface area contributed by atoms with Gasteiger partial charge in [0.1, 0.15) is 5.54 Å². The van der Waals surface area contributed by atoms with Gasteiger partial charge in [-0.05, 0) is 31.4 Å². The zero-order chi connectivity index (χ0) is 17.3. The highest BCUT2D eigenvalue weighted by Gasteiger charge is 2.47. The molecule has 0 aliphatic carbocycles. The van der Waals surface area contributed by atoms with Gasteiger partial charge in [-0.1, -0.05) is 25.1 Å². The Labute approximate surface area is 139 Å². The molecule has 4 amide bonds. The van der Waals surface area contributed by atoms with E-state index in [1.165, 1.54) is 0 Å². The Morgan fingerprint density at radius 1 is 1.29 bits per heavy atom. The maximum Gasteiger partial charge on any atom is 0.344 e. The standard InChI is InChI=1S/C17H20N4O3/c1-3-17(2)15(23)21(16(24)19-17)20-14(22)9-8-11-10-18-13-7-5-4-6-12(11)13/h4-7,10,18H,3,8-9H2,1-2H3,(H,19,24)(H,20,22)/t17-/m0/s1. The zero-order valence-corrected chi connectivity index (χ0v) is 13.7. The number of hydrogen-bond donors (Lipinski definition) is 3. The number of aryl methyl sites for hydroxylation is 1. The van der Waals surface area contributed by atoms with Crippen LogP contribution in [-0.4, -0.2) is 33.4 Å². The highest BCUT2D eigenvalue weighted by atomic mass is 16.2. The molecule has 2 heterocycles. The van der Waals surface area contributed by atoms with Gasteiger partial charge < -0.3 is 10.3 Å². The summed E-state index contributed by atoms with van der Waals surface area (Å²) in [7, 11) is 0. The lowest BCUT2D eigenvalue weighted by atomic mass is 10.00. The smallest absolute Gasteiger partial charge is 0.344 e. The van der Waals surface area contributed by atoms with E-state index in [1.54, 1.807) is 13.8 Å². The van der Waals surface area contributed by atoms with Crippen LogP contribution in [0.4, 0.5) is 4.79 Å². The molecule has 3 N–H and O–H groups in total. The summed E-state index contributed by atoms with van der Waals surface area (Å²) >= 11 is 0. The van der Waals surface area contributed by atoms with Crippen molar-refractivity contribution in [3.63, 3.8) is 0 Å². The second-order valence-electron chi connectivity index (χ2n) is 6.15. The number of urea groups is 1. The van der Waals surface area contributed by atoms with Gasteiger partial charge in [0.25, 0.3) is 5.91 Å². The van der Waals surface area contributed by atoms with Gasteiger partial charge >= 0.3 is 6.03 Å². The second kappa shape index (κ2) is 5.99. The molecule has 0 unspecified atom stereocenters. The van der Waals surface area contributed by atoms with Gasteiger partial charge in [0, 0.05) is 23.5 Å². The lowest BCUT2D eigenvalue weighted by Crippen LogP contribution is -2.48. The van der Waals surface area contributed by atoms with Crippen LogP contribution < -0.4 is 10.7 Å². The van der Waals surface area contributed by atoms with Gasteiger partial charge in [0.15, 0.2) is 0 Å². The Balaban J connectivity index is 1.62.